The third-order valence-corrected chi connectivity index (χ3v) is 4.64. The van der Waals surface area contributed by atoms with Gasteiger partial charge in [-0.15, -0.1) is 0 Å². The molecule has 1 aromatic carbocycles. The lowest BCUT2D eigenvalue weighted by atomic mass is 9.84. The Kier molecular flexibility index (Phi) is 4.70. The second kappa shape index (κ2) is 6.28. The summed E-state index contributed by atoms with van der Waals surface area (Å²) < 4.78 is 16.2. The maximum atomic E-state index is 12.0. The van der Waals surface area contributed by atoms with E-state index in [4.69, 9.17) is 0 Å². The van der Waals surface area contributed by atoms with Gasteiger partial charge in [0.05, 0.1) is 4.90 Å². The summed E-state index contributed by atoms with van der Waals surface area (Å²) >= 11 is 0. The molecule has 98 valence electrons. The molecular weight excluding hydrogens is 242 g/mol. The van der Waals surface area contributed by atoms with E-state index in [1.165, 1.54) is 31.2 Å². The van der Waals surface area contributed by atoms with E-state index in [2.05, 4.69) is 11.3 Å². The van der Waals surface area contributed by atoms with E-state index >= 15 is 0 Å². The molecule has 0 aliphatic heterocycles. The highest BCUT2D eigenvalue weighted by Crippen LogP contribution is 2.27. The van der Waals surface area contributed by atoms with Crippen LogP contribution in [-0.2, 0) is 11.0 Å². The van der Waals surface area contributed by atoms with E-state index in [-0.39, 0.29) is 0 Å². The van der Waals surface area contributed by atoms with E-state index < -0.39 is 11.0 Å². The van der Waals surface area contributed by atoms with Gasteiger partial charge in [0.2, 0.25) is 0 Å². The predicted molar refractivity (Wildman–Crippen MR) is 77.2 cm³/mol. The molecule has 0 aromatic heterocycles. The highest BCUT2D eigenvalue weighted by Gasteiger charge is 2.16. The fourth-order valence-electron chi connectivity index (χ4n) is 2.29. The molecule has 0 saturated heterocycles. The van der Waals surface area contributed by atoms with Crippen LogP contribution in [0.5, 0.6) is 0 Å². The van der Waals surface area contributed by atoms with Gasteiger partial charge in [0.15, 0.2) is 11.0 Å². The third kappa shape index (κ3) is 3.77. The molecule has 2 rings (SSSR count). The van der Waals surface area contributed by atoms with Crippen LogP contribution in [0.3, 0.4) is 0 Å². The molecule has 3 heteroatoms. The zero-order chi connectivity index (χ0) is 13.0. The van der Waals surface area contributed by atoms with Crippen molar-refractivity contribution in [3.05, 3.63) is 29.8 Å². The number of benzene rings is 1. The van der Waals surface area contributed by atoms with Crippen LogP contribution in [0, 0.1) is 18.8 Å². The molecule has 0 spiro atoms. The molecule has 0 N–H and O–H groups in total. The highest BCUT2D eigenvalue weighted by atomic mass is 32.2. The van der Waals surface area contributed by atoms with Crippen molar-refractivity contribution < 1.29 is 4.21 Å². The molecule has 0 radical (unpaired) electrons. The average molecular weight is 263 g/mol. The minimum Gasteiger partial charge on any atom is -0.230 e. The van der Waals surface area contributed by atoms with Crippen molar-refractivity contribution in [2.24, 2.45) is 16.2 Å². The average Bonchev–Trinajstić information content (AvgIpc) is 2.38. The van der Waals surface area contributed by atoms with Gasteiger partial charge in [-0.3, -0.25) is 0 Å². The molecule has 18 heavy (non-hydrogen) atoms. The second-order valence-corrected chi connectivity index (χ2v) is 6.52. The molecule has 1 fully saturated rings. The van der Waals surface area contributed by atoms with Crippen molar-refractivity contribution in [3.63, 3.8) is 0 Å². The van der Waals surface area contributed by atoms with Crippen LogP contribution in [0.1, 0.15) is 38.2 Å². The van der Waals surface area contributed by atoms with Crippen LogP contribution in [0.4, 0.5) is 0 Å². The van der Waals surface area contributed by atoms with Crippen LogP contribution in [0.25, 0.3) is 0 Å². The topological polar surface area (TPSA) is 29.4 Å². The van der Waals surface area contributed by atoms with Crippen molar-refractivity contribution in [1.29, 1.82) is 0 Å². The Morgan fingerprint density at radius 1 is 1.17 bits per heavy atom. The fourth-order valence-corrected chi connectivity index (χ4v) is 3.07. The van der Waals surface area contributed by atoms with E-state index in [0.29, 0.717) is 5.92 Å². The van der Waals surface area contributed by atoms with Gasteiger partial charge in [0.25, 0.3) is 0 Å². The number of hydrogen-bond acceptors (Lipinski definition) is 1. The summed E-state index contributed by atoms with van der Waals surface area (Å²) in [6, 6.07) is 7.74. The normalized spacial score (nSPS) is 26.3. The minimum atomic E-state index is -1.23. The Morgan fingerprint density at radius 3 is 2.39 bits per heavy atom. The van der Waals surface area contributed by atoms with Gasteiger partial charge < -0.3 is 0 Å². The predicted octanol–water partition coefficient (Wildman–Crippen LogP) is 3.91. The Balaban J connectivity index is 1.92. The molecule has 1 aromatic rings. The van der Waals surface area contributed by atoms with Gasteiger partial charge in [-0.25, -0.2) is 4.21 Å². The van der Waals surface area contributed by atoms with Crippen molar-refractivity contribution in [2.75, 3.05) is 0 Å². The quantitative estimate of drug-likeness (QED) is 0.760. The molecule has 1 saturated carbocycles. The molecule has 0 unspecified atom stereocenters. The van der Waals surface area contributed by atoms with Gasteiger partial charge in [-0.2, -0.15) is 4.40 Å². The Morgan fingerprint density at radius 2 is 1.78 bits per heavy atom. The van der Waals surface area contributed by atoms with Crippen molar-refractivity contribution in [2.45, 2.75) is 44.4 Å². The fraction of sp³-hybridized carbons (Fsp3) is 0.533. The zero-order valence-electron chi connectivity index (χ0n) is 11.1. The smallest absolute Gasteiger partial charge is 0.172 e. The van der Waals surface area contributed by atoms with Crippen LogP contribution in [0.15, 0.2) is 33.6 Å². The molecule has 0 bridgehead atoms. The third-order valence-electron chi connectivity index (χ3n) is 3.65. The lowest BCUT2D eigenvalue weighted by Crippen LogP contribution is -2.13. The van der Waals surface area contributed by atoms with E-state index in [1.807, 2.05) is 37.4 Å². The molecule has 2 nitrogen and oxygen atoms in total. The summed E-state index contributed by atoms with van der Waals surface area (Å²) in [5.74, 6) is 1.37. The van der Waals surface area contributed by atoms with Crippen LogP contribution >= 0.6 is 0 Å². The molecular formula is C15H21NOS. The van der Waals surface area contributed by atoms with E-state index in [9.17, 15) is 4.21 Å². The van der Waals surface area contributed by atoms with Crippen LogP contribution < -0.4 is 0 Å². The summed E-state index contributed by atoms with van der Waals surface area (Å²) in [5, 5.41) is 0. The largest absolute Gasteiger partial charge is 0.230 e. The molecule has 0 amide bonds. The molecule has 1 aliphatic carbocycles. The van der Waals surface area contributed by atoms with Crippen molar-refractivity contribution in [3.8, 4) is 0 Å². The van der Waals surface area contributed by atoms with Gasteiger partial charge in [-0.1, -0.05) is 37.5 Å². The van der Waals surface area contributed by atoms with Crippen LogP contribution in [-0.4, -0.2) is 10.4 Å². The van der Waals surface area contributed by atoms with Crippen LogP contribution in [0.2, 0.25) is 0 Å². The number of hydrogen-bond donors (Lipinski definition) is 0. The van der Waals surface area contributed by atoms with E-state index in [1.54, 1.807) is 0 Å². The summed E-state index contributed by atoms with van der Waals surface area (Å²) in [6.07, 6.45) is 6.84. The summed E-state index contributed by atoms with van der Waals surface area (Å²) in [7, 11) is -1.23. The Bertz CT molecular complexity index is 430. The zero-order valence-corrected chi connectivity index (χ0v) is 12.0. The maximum absolute atomic E-state index is 12.0. The molecule has 1 atom stereocenters. The summed E-state index contributed by atoms with van der Waals surface area (Å²) in [5.41, 5.74) is 1.18. The molecule has 0 heterocycles. The Hall–Kier alpha value is -0.960. The minimum absolute atomic E-state index is 0.524. The lowest BCUT2D eigenvalue weighted by molar-refractivity contribution is 0.347. The number of nitrogens with zero attached hydrogens (tertiary/aromatic N) is 1. The monoisotopic (exact) mass is 263 g/mol. The number of rotatable bonds is 3. The summed E-state index contributed by atoms with van der Waals surface area (Å²) in [4.78, 5) is 0.793. The first kappa shape index (κ1) is 13.5. The Labute approximate surface area is 112 Å². The second-order valence-electron chi connectivity index (χ2n) is 5.34. The first-order chi connectivity index (χ1) is 8.65. The molecule has 1 aliphatic rings. The standard InChI is InChI=1S/C15H21NOS/c1-12-3-7-14(8-4-12)11-16-18(17)15-9-5-13(2)6-10-15/h5-6,9-12,14H,3-4,7-8H2,1-2H3/t12?,14?,18-/m0/s1. The summed E-state index contributed by atoms with van der Waals surface area (Å²) in [6.45, 7) is 4.33. The number of aryl methyl sites for hydroxylation is 1. The van der Waals surface area contributed by atoms with Crippen molar-refractivity contribution in [1.82, 2.24) is 0 Å². The van der Waals surface area contributed by atoms with Gasteiger partial charge in [-0.05, 0) is 43.7 Å². The van der Waals surface area contributed by atoms with Gasteiger partial charge >= 0.3 is 0 Å². The highest BCUT2D eigenvalue weighted by molar-refractivity contribution is 7.83. The van der Waals surface area contributed by atoms with Gasteiger partial charge in [0, 0.05) is 6.21 Å². The van der Waals surface area contributed by atoms with Gasteiger partial charge in [0.1, 0.15) is 0 Å². The van der Waals surface area contributed by atoms with E-state index in [0.717, 1.165) is 10.8 Å². The SMILES string of the molecule is Cc1ccc([S@](=O)N=CC2CCC(C)CC2)cc1. The maximum Gasteiger partial charge on any atom is 0.172 e. The lowest BCUT2D eigenvalue weighted by Gasteiger charge is -2.22. The first-order valence-electron chi connectivity index (χ1n) is 6.68. The first-order valence-corrected chi connectivity index (χ1v) is 7.78. The van der Waals surface area contributed by atoms with Crippen molar-refractivity contribution >= 4 is 17.2 Å².